The highest BCUT2D eigenvalue weighted by molar-refractivity contribution is 14.0. The normalized spacial score (nSPS) is 19.5. The molecule has 1 saturated carbocycles. The molecule has 1 unspecified atom stereocenters. The molecule has 7 heteroatoms. The molecule has 3 rings (SSSR count). The summed E-state index contributed by atoms with van der Waals surface area (Å²) in [4.78, 5) is 19.0. The van der Waals surface area contributed by atoms with Crippen LogP contribution in [-0.4, -0.2) is 56.1 Å². The second-order valence-corrected chi connectivity index (χ2v) is 8.14. The Kier molecular flexibility index (Phi) is 10.7. The molecular formula is C23H37IN4O2. The lowest BCUT2D eigenvalue weighted by molar-refractivity contribution is -0.134. The van der Waals surface area contributed by atoms with Crippen LogP contribution in [0.4, 0.5) is 0 Å². The molecule has 1 heterocycles. The Morgan fingerprint density at radius 2 is 2.07 bits per heavy atom. The van der Waals surface area contributed by atoms with Gasteiger partial charge in [-0.15, -0.1) is 24.0 Å². The number of nitrogens with one attached hydrogen (secondary N) is 2. The zero-order chi connectivity index (χ0) is 20.5. The van der Waals surface area contributed by atoms with Crippen LogP contribution in [0, 0.1) is 5.92 Å². The van der Waals surface area contributed by atoms with Crippen molar-refractivity contribution < 1.29 is 9.53 Å². The number of likely N-dealkylation sites (tertiary alicyclic amines) is 1. The fourth-order valence-electron chi connectivity index (χ4n) is 4.23. The second-order valence-electron chi connectivity index (χ2n) is 8.14. The average molecular weight is 528 g/mol. The van der Waals surface area contributed by atoms with Crippen molar-refractivity contribution >= 4 is 35.8 Å². The molecule has 1 aliphatic heterocycles. The van der Waals surface area contributed by atoms with E-state index in [4.69, 9.17) is 4.74 Å². The van der Waals surface area contributed by atoms with E-state index in [-0.39, 0.29) is 35.9 Å². The molecular weight excluding hydrogens is 491 g/mol. The first-order valence-corrected chi connectivity index (χ1v) is 11.2. The van der Waals surface area contributed by atoms with Gasteiger partial charge >= 0.3 is 0 Å². The van der Waals surface area contributed by atoms with Crippen molar-refractivity contribution in [3.05, 3.63) is 29.8 Å². The maximum absolute atomic E-state index is 12.6. The maximum Gasteiger partial charge on any atom is 0.225 e. The molecule has 0 bridgehead atoms. The van der Waals surface area contributed by atoms with Gasteiger partial charge in [-0.3, -0.25) is 9.79 Å². The Balaban J connectivity index is 0.00000320. The summed E-state index contributed by atoms with van der Waals surface area (Å²) in [7, 11) is 1.80. The largest absolute Gasteiger partial charge is 0.494 e. The van der Waals surface area contributed by atoms with Crippen LogP contribution in [0.5, 0.6) is 5.75 Å². The number of carbonyl (C=O) groups excluding carboxylic acids is 1. The van der Waals surface area contributed by atoms with E-state index in [1.54, 1.807) is 7.05 Å². The lowest BCUT2D eigenvalue weighted by Gasteiger charge is -2.21. The summed E-state index contributed by atoms with van der Waals surface area (Å²) in [5.74, 6) is 2.37. The summed E-state index contributed by atoms with van der Waals surface area (Å²) in [6, 6.07) is 8.56. The van der Waals surface area contributed by atoms with Crippen LogP contribution in [-0.2, 0) is 11.2 Å². The summed E-state index contributed by atoms with van der Waals surface area (Å²) in [5.41, 5.74) is 1.25. The van der Waals surface area contributed by atoms with Crippen LogP contribution < -0.4 is 15.4 Å². The van der Waals surface area contributed by atoms with Gasteiger partial charge < -0.3 is 20.3 Å². The molecule has 1 atom stereocenters. The Hall–Kier alpha value is -1.51. The number of amides is 1. The van der Waals surface area contributed by atoms with Crippen LogP contribution in [0.1, 0.15) is 51.0 Å². The SMILES string of the molecule is CCCOc1cccc(CCNC(=NC)NC2CCN(C(=O)C3CCCC3)C2)c1.I. The summed E-state index contributed by atoms with van der Waals surface area (Å²) in [5, 5.41) is 6.89. The third-order valence-corrected chi connectivity index (χ3v) is 5.85. The van der Waals surface area contributed by atoms with Gasteiger partial charge in [0.05, 0.1) is 6.61 Å². The Bertz CT molecular complexity index is 692. The Morgan fingerprint density at radius 3 is 2.80 bits per heavy atom. The summed E-state index contributed by atoms with van der Waals surface area (Å²) < 4.78 is 5.71. The van der Waals surface area contributed by atoms with Crippen molar-refractivity contribution in [1.29, 1.82) is 0 Å². The van der Waals surface area contributed by atoms with Gasteiger partial charge in [-0.2, -0.15) is 0 Å². The number of rotatable bonds is 8. The molecule has 2 aliphatic rings. The number of aliphatic imine (C=N–C) groups is 1. The first-order valence-electron chi connectivity index (χ1n) is 11.2. The van der Waals surface area contributed by atoms with Crippen molar-refractivity contribution in [2.75, 3.05) is 33.3 Å². The minimum Gasteiger partial charge on any atom is -0.494 e. The lowest BCUT2D eigenvalue weighted by atomic mass is 10.1. The second kappa shape index (κ2) is 13.0. The quantitative estimate of drug-likeness (QED) is 0.308. The van der Waals surface area contributed by atoms with Gasteiger partial charge in [0.2, 0.25) is 5.91 Å². The molecule has 1 amide bonds. The molecule has 1 saturated heterocycles. The summed E-state index contributed by atoms with van der Waals surface area (Å²) >= 11 is 0. The fraction of sp³-hybridized carbons (Fsp3) is 0.652. The van der Waals surface area contributed by atoms with E-state index < -0.39 is 0 Å². The molecule has 1 aliphatic carbocycles. The summed E-state index contributed by atoms with van der Waals surface area (Å²) in [6.07, 6.45) is 7.45. The number of benzene rings is 1. The summed E-state index contributed by atoms with van der Waals surface area (Å²) in [6.45, 7) is 5.30. The third-order valence-electron chi connectivity index (χ3n) is 5.85. The highest BCUT2D eigenvalue weighted by Crippen LogP contribution is 2.27. The number of ether oxygens (including phenoxy) is 1. The molecule has 0 aromatic heterocycles. The molecule has 6 nitrogen and oxygen atoms in total. The average Bonchev–Trinajstić information content (AvgIpc) is 3.43. The zero-order valence-electron chi connectivity index (χ0n) is 18.4. The van der Waals surface area contributed by atoms with E-state index in [0.29, 0.717) is 5.91 Å². The smallest absolute Gasteiger partial charge is 0.225 e. The minimum absolute atomic E-state index is 0. The molecule has 0 radical (unpaired) electrons. The van der Waals surface area contributed by atoms with Gasteiger partial charge in [0.25, 0.3) is 0 Å². The van der Waals surface area contributed by atoms with Crippen molar-refractivity contribution in [2.45, 2.75) is 57.9 Å². The highest BCUT2D eigenvalue weighted by Gasteiger charge is 2.32. The fourth-order valence-corrected chi connectivity index (χ4v) is 4.23. The number of halogens is 1. The number of hydrogen-bond donors (Lipinski definition) is 2. The van der Waals surface area contributed by atoms with Crippen molar-refractivity contribution in [3.8, 4) is 5.75 Å². The van der Waals surface area contributed by atoms with E-state index in [2.05, 4.69) is 34.7 Å². The van der Waals surface area contributed by atoms with Crippen LogP contribution in [0.25, 0.3) is 0 Å². The van der Waals surface area contributed by atoms with Gasteiger partial charge in [0, 0.05) is 38.6 Å². The predicted octanol–water partition coefficient (Wildman–Crippen LogP) is 3.59. The number of nitrogens with zero attached hydrogens (tertiary/aromatic N) is 2. The van der Waals surface area contributed by atoms with E-state index in [1.807, 2.05) is 17.0 Å². The molecule has 30 heavy (non-hydrogen) atoms. The van der Waals surface area contributed by atoms with E-state index in [0.717, 1.165) is 70.1 Å². The molecule has 1 aromatic carbocycles. The van der Waals surface area contributed by atoms with Gasteiger partial charge in [-0.1, -0.05) is 31.9 Å². The predicted molar refractivity (Wildman–Crippen MR) is 133 cm³/mol. The third kappa shape index (κ3) is 7.32. The van der Waals surface area contributed by atoms with E-state index in [1.165, 1.54) is 18.4 Å². The minimum atomic E-state index is 0. The Morgan fingerprint density at radius 1 is 1.27 bits per heavy atom. The van der Waals surface area contributed by atoms with Gasteiger partial charge in [0.1, 0.15) is 5.75 Å². The van der Waals surface area contributed by atoms with E-state index >= 15 is 0 Å². The molecule has 0 spiro atoms. The van der Waals surface area contributed by atoms with Crippen molar-refractivity contribution in [3.63, 3.8) is 0 Å². The number of carbonyl (C=O) groups is 1. The Labute approximate surface area is 198 Å². The van der Waals surface area contributed by atoms with E-state index in [9.17, 15) is 4.79 Å². The van der Waals surface area contributed by atoms with Crippen LogP contribution in [0.2, 0.25) is 0 Å². The number of hydrogen-bond acceptors (Lipinski definition) is 3. The molecule has 2 fully saturated rings. The van der Waals surface area contributed by atoms with Crippen molar-refractivity contribution in [1.82, 2.24) is 15.5 Å². The molecule has 2 N–H and O–H groups in total. The van der Waals surface area contributed by atoms with Gasteiger partial charge in [-0.25, -0.2) is 0 Å². The zero-order valence-corrected chi connectivity index (χ0v) is 20.7. The van der Waals surface area contributed by atoms with Gasteiger partial charge in [0.15, 0.2) is 5.96 Å². The molecule has 1 aromatic rings. The maximum atomic E-state index is 12.6. The lowest BCUT2D eigenvalue weighted by Crippen LogP contribution is -2.45. The number of guanidine groups is 1. The van der Waals surface area contributed by atoms with Crippen LogP contribution >= 0.6 is 24.0 Å². The topological polar surface area (TPSA) is 66.0 Å². The standard InChI is InChI=1S/C23H36N4O2.HI/c1-3-15-29-21-10-6-7-18(16-21)11-13-25-23(24-2)26-20-12-14-27(17-20)22(28)19-8-4-5-9-19;/h6-7,10,16,19-20H,3-5,8-9,11-15,17H2,1-2H3,(H2,24,25,26);1H. The molecule has 168 valence electrons. The first-order chi connectivity index (χ1) is 14.2. The van der Waals surface area contributed by atoms with Crippen LogP contribution in [0.3, 0.4) is 0 Å². The highest BCUT2D eigenvalue weighted by atomic mass is 127. The first kappa shape index (κ1) is 24.8. The van der Waals surface area contributed by atoms with Crippen molar-refractivity contribution in [2.24, 2.45) is 10.9 Å². The monoisotopic (exact) mass is 528 g/mol. The van der Waals surface area contributed by atoms with Gasteiger partial charge in [-0.05, 0) is 49.8 Å². The van der Waals surface area contributed by atoms with Crippen LogP contribution in [0.15, 0.2) is 29.3 Å².